The van der Waals surface area contributed by atoms with Gasteiger partial charge in [-0.3, -0.25) is 0 Å². The van der Waals surface area contributed by atoms with Gasteiger partial charge in [-0.15, -0.1) is 11.8 Å². The summed E-state index contributed by atoms with van der Waals surface area (Å²) >= 11 is 1.90. The molecule has 0 saturated carbocycles. The maximum Gasteiger partial charge on any atom is 0.0491 e. The number of thioether (sulfide) groups is 1. The van der Waals surface area contributed by atoms with Crippen LogP contribution >= 0.6 is 11.8 Å². The molecule has 4 rings (SSSR count). The molecule has 4 aromatic rings. The monoisotopic (exact) mass is 401 g/mol. The van der Waals surface area contributed by atoms with Gasteiger partial charge in [0.2, 0.25) is 0 Å². The van der Waals surface area contributed by atoms with Gasteiger partial charge in [0.25, 0.3) is 0 Å². The van der Waals surface area contributed by atoms with Crippen molar-refractivity contribution >= 4 is 33.6 Å². The van der Waals surface area contributed by atoms with Crippen molar-refractivity contribution in [2.24, 2.45) is 5.92 Å². The molecule has 0 amide bonds. The van der Waals surface area contributed by atoms with Gasteiger partial charge in [0.05, 0.1) is 0 Å². The molecule has 0 fully saturated rings. The molecule has 1 nitrogen and oxygen atoms in total. The molecule has 3 aromatic carbocycles. The predicted octanol–water partition coefficient (Wildman–Crippen LogP) is 7.72. The van der Waals surface area contributed by atoms with E-state index in [9.17, 15) is 0 Å². The minimum absolute atomic E-state index is 0.677. The van der Waals surface area contributed by atoms with E-state index in [1.165, 1.54) is 43.4 Å². The van der Waals surface area contributed by atoms with Gasteiger partial charge >= 0.3 is 0 Å². The van der Waals surface area contributed by atoms with E-state index in [1.54, 1.807) is 0 Å². The van der Waals surface area contributed by atoms with Crippen LogP contribution < -0.4 is 0 Å². The van der Waals surface area contributed by atoms with Crippen LogP contribution in [0.15, 0.2) is 65.6 Å². The number of hydrogen-bond donors (Lipinski definition) is 0. The van der Waals surface area contributed by atoms with Crippen molar-refractivity contribution in [1.82, 2.24) is 4.57 Å². The predicted molar refractivity (Wildman–Crippen MR) is 129 cm³/mol. The van der Waals surface area contributed by atoms with Gasteiger partial charge in [-0.1, -0.05) is 45.0 Å². The summed E-state index contributed by atoms with van der Waals surface area (Å²) in [5.74, 6) is 1.80. The molecule has 1 aromatic heterocycles. The second kappa shape index (κ2) is 8.67. The van der Waals surface area contributed by atoms with E-state index in [2.05, 4.69) is 92.9 Å². The van der Waals surface area contributed by atoms with E-state index < -0.39 is 0 Å². The van der Waals surface area contributed by atoms with Crippen molar-refractivity contribution in [3.63, 3.8) is 0 Å². The van der Waals surface area contributed by atoms with Crippen LogP contribution in [0.5, 0.6) is 0 Å². The third kappa shape index (κ3) is 4.23. The van der Waals surface area contributed by atoms with E-state index in [0.717, 1.165) is 25.1 Å². The lowest BCUT2D eigenvalue weighted by molar-refractivity contribution is 0.648. The van der Waals surface area contributed by atoms with Crippen LogP contribution in [-0.2, 0) is 19.4 Å². The highest BCUT2D eigenvalue weighted by Crippen LogP contribution is 2.32. The summed E-state index contributed by atoms with van der Waals surface area (Å²) in [6.07, 6.45) is 2.12. The fourth-order valence-corrected chi connectivity index (χ4v) is 5.02. The minimum Gasteiger partial charge on any atom is -0.341 e. The summed E-state index contributed by atoms with van der Waals surface area (Å²) in [4.78, 5) is 1.36. The molecule has 0 unspecified atom stereocenters. The molecule has 0 aliphatic carbocycles. The quantitative estimate of drug-likeness (QED) is 0.287. The Hall–Kier alpha value is -2.19. The summed E-state index contributed by atoms with van der Waals surface area (Å²) in [6, 6.07) is 23.1. The fourth-order valence-electron chi connectivity index (χ4n) is 4.35. The molecule has 0 saturated heterocycles. The van der Waals surface area contributed by atoms with Crippen molar-refractivity contribution in [3.8, 4) is 0 Å². The van der Waals surface area contributed by atoms with Crippen LogP contribution in [0.1, 0.15) is 44.4 Å². The second-order valence-electron chi connectivity index (χ2n) is 8.30. The number of rotatable bonds is 7. The molecule has 0 N–H and O–H groups in total. The lowest BCUT2D eigenvalue weighted by atomic mass is 9.99. The first kappa shape index (κ1) is 20.1. The van der Waals surface area contributed by atoms with Gasteiger partial charge in [-0.25, -0.2) is 0 Å². The molecule has 0 aliphatic rings. The molecule has 29 heavy (non-hydrogen) atoms. The number of benzene rings is 3. The highest BCUT2D eigenvalue weighted by molar-refractivity contribution is 7.99. The summed E-state index contributed by atoms with van der Waals surface area (Å²) in [5.41, 5.74) is 6.91. The maximum absolute atomic E-state index is 2.45. The van der Waals surface area contributed by atoms with Gasteiger partial charge in [0.1, 0.15) is 0 Å². The number of fused-ring (bicyclic) bond motifs is 3. The molecule has 0 aliphatic heterocycles. The van der Waals surface area contributed by atoms with Gasteiger partial charge in [0, 0.05) is 33.2 Å². The summed E-state index contributed by atoms with van der Waals surface area (Å²) in [5, 5.41) is 2.79. The first-order chi connectivity index (χ1) is 14.1. The van der Waals surface area contributed by atoms with E-state index in [0.29, 0.717) is 5.92 Å². The van der Waals surface area contributed by atoms with E-state index >= 15 is 0 Å². The van der Waals surface area contributed by atoms with Crippen LogP contribution in [-0.4, -0.2) is 10.3 Å². The second-order valence-corrected chi connectivity index (χ2v) is 9.64. The van der Waals surface area contributed by atoms with Crippen molar-refractivity contribution in [2.45, 2.75) is 52.0 Å². The Morgan fingerprint density at radius 1 is 0.759 bits per heavy atom. The molecule has 0 atom stereocenters. The van der Waals surface area contributed by atoms with Crippen LogP contribution in [0.25, 0.3) is 21.8 Å². The van der Waals surface area contributed by atoms with Gasteiger partial charge in [-0.2, -0.15) is 0 Å². The molecule has 150 valence electrons. The Morgan fingerprint density at radius 3 is 1.93 bits per heavy atom. The molecule has 1 heterocycles. The summed E-state index contributed by atoms with van der Waals surface area (Å²) in [6.45, 7) is 10.0. The van der Waals surface area contributed by atoms with Crippen molar-refractivity contribution in [1.29, 1.82) is 0 Å². The van der Waals surface area contributed by atoms with Gasteiger partial charge < -0.3 is 4.57 Å². The topological polar surface area (TPSA) is 4.93 Å². The van der Waals surface area contributed by atoms with Crippen LogP contribution in [0.3, 0.4) is 0 Å². The minimum atomic E-state index is 0.677. The largest absolute Gasteiger partial charge is 0.341 e. The Kier molecular flexibility index (Phi) is 6.01. The average molecular weight is 402 g/mol. The highest BCUT2D eigenvalue weighted by Gasteiger charge is 2.12. The fraction of sp³-hybridized carbons (Fsp3) is 0.333. The zero-order chi connectivity index (χ0) is 20.4. The Bertz CT molecular complexity index is 1120. The highest BCUT2D eigenvalue weighted by atomic mass is 32.2. The zero-order valence-electron chi connectivity index (χ0n) is 18.0. The normalized spacial score (nSPS) is 11.8. The van der Waals surface area contributed by atoms with Crippen molar-refractivity contribution in [2.75, 3.05) is 5.75 Å². The molecule has 0 radical (unpaired) electrons. The summed E-state index contributed by atoms with van der Waals surface area (Å²) < 4.78 is 2.45. The first-order valence-electron chi connectivity index (χ1n) is 10.8. The Morgan fingerprint density at radius 2 is 1.34 bits per heavy atom. The molecular formula is C27H31NS. The van der Waals surface area contributed by atoms with E-state index in [1.807, 2.05) is 11.8 Å². The number of aromatic nitrogens is 1. The lowest BCUT2D eigenvalue weighted by Gasteiger charge is -2.06. The van der Waals surface area contributed by atoms with Gasteiger partial charge in [-0.05, 0) is 84.5 Å². The maximum atomic E-state index is 2.45. The Labute approximate surface area is 179 Å². The summed E-state index contributed by atoms with van der Waals surface area (Å²) in [7, 11) is 0. The zero-order valence-corrected chi connectivity index (χ0v) is 18.9. The lowest BCUT2D eigenvalue weighted by Crippen LogP contribution is -1.95. The third-order valence-corrected chi connectivity index (χ3v) is 6.49. The average Bonchev–Trinajstić information content (AvgIpc) is 3.02. The molecule has 0 bridgehead atoms. The standard InChI is InChI=1S/C27H31NS/c1-5-28-26-13-9-21(15-19(3)4)17-24(26)25-18-22(10-14-27(25)28)16-20-7-11-23(12-8-20)29-6-2/h7-14,17-19H,5-6,15-16H2,1-4H3. The van der Waals surface area contributed by atoms with Crippen LogP contribution in [0.2, 0.25) is 0 Å². The molecule has 0 spiro atoms. The smallest absolute Gasteiger partial charge is 0.0491 e. The van der Waals surface area contributed by atoms with Crippen molar-refractivity contribution < 1.29 is 0 Å². The van der Waals surface area contributed by atoms with Gasteiger partial charge in [0.15, 0.2) is 0 Å². The Balaban J connectivity index is 1.74. The number of aryl methyl sites for hydroxylation is 1. The van der Waals surface area contributed by atoms with Crippen LogP contribution in [0.4, 0.5) is 0 Å². The SMILES string of the molecule is CCSc1ccc(Cc2ccc3c(c2)c2cc(CC(C)C)ccc2n3CC)cc1. The van der Waals surface area contributed by atoms with E-state index in [-0.39, 0.29) is 0 Å². The van der Waals surface area contributed by atoms with Crippen LogP contribution in [0, 0.1) is 5.92 Å². The first-order valence-corrected chi connectivity index (χ1v) is 11.8. The molecular weight excluding hydrogens is 370 g/mol. The third-order valence-electron chi connectivity index (χ3n) is 5.60. The number of nitrogens with zero attached hydrogens (tertiary/aromatic N) is 1. The molecule has 2 heteroatoms. The van der Waals surface area contributed by atoms with E-state index in [4.69, 9.17) is 0 Å². The number of hydrogen-bond acceptors (Lipinski definition) is 1. The van der Waals surface area contributed by atoms with Crippen molar-refractivity contribution in [3.05, 3.63) is 77.4 Å².